The molecule has 0 aliphatic rings. The van der Waals surface area contributed by atoms with Crippen LogP contribution >= 0.6 is 0 Å². The fourth-order valence-corrected chi connectivity index (χ4v) is 1.34. The van der Waals surface area contributed by atoms with Crippen molar-refractivity contribution >= 4 is 0 Å². The molecule has 4 nitrogen and oxygen atoms in total. The summed E-state index contributed by atoms with van der Waals surface area (Å²) in [5.74, 6) is 0.786. The van der Waals surface area contributed by atoms with Gasteiger partial charge >= 0.3 is 0 Å². The molecule has 1 N–H and O–H groups in total. The smallest absolute Gasteiger partial charge is 0.121 e. The first-order valence-corrected chi connectivity index (χ1v) is 4.63. The summed E-state index contributed by atoms with van der Waals surface area (Å²) in [6, 6.07) is 9.36. The second kappa shape index (κ2) is 4.14. The van der Waals surface area contributed by atoms with Gasteiger partial charge in [-0.3, -0.25) is 0 Å². The molecule has 0 radical (unpaired) electrons. The SMILES string of the molecule is COc1cccc(-n2ccc(CO)n2)c1. The van der Waals surface area contributed by atoms with Crippen LogP contribution in [0.25, 0.3) is 5.69 Å². The van der Waals surface area contributed by atoms with Crippen LogP contribution in [0, 0.1) is 0 Å². The Kier molecular flexibility index (Phi) is 2.69. The van der Waals surface area contributed by atoms with Crippen LogP contribution in [0.5, 0.6) is 5.75 Å². The molecule has 2 rings (SSSR count). The fraction of sp³-hybridized carbons (Fsp3) is 0.182. The standard InChI is InChI=1S/C11H12N2O2/c1-15-11-4-2-3-10(7-11)13-6-5-9(8-14)12-13/h2-7,14H,8H2,1H3. The molecule has 0 bridgehead atoms. The van der Waals surface area contributed by atoms with Gasteiger partial charge in [-0.05, 0) is 18.2 Å². The van der Waals surface area contributed by atoms with Crippen LogP contribution in [-0.4, -0.2) is 22.0 Å². The average molecular weight is 204 g/mol. The Labute approximate surface area is 87.7 Å². The van der Waals surface area contributed by atoms with Crippen LogP contribution in [0.15, 0.2) is 36.5 Å². The Hall–Kier alpha value is -1.81. The van der Waals surface area contributed by atoms with E-state index in [1.54, 1.807) is 24.1 Å². The summed E-state index contributed by atoms with van der Waals surface area (Å²) in [6.07, 6.45) is 1.81. The second-order valence-electron chi connectivity index (χ2n) is 3.11. The number of rotatable bonds is 3. The van der Waals surface area contributed by atoms with E-state index in [2.05, 4.69) is 5.10 Å². The van der Waals surface area contributed by atoms with Crippen molar-refractivity contribution in [1.82, 2.24) is 9.78 Å². The van der Waals surface area contributed by atoms with Gasteiger partial charge in [0.15, 0.2) is 0 Å². The van der Waals surface area contributed by atoms with Crippen LogP contribution in [0.1, 0.15) is 5.69 Å². The van der Waals surface area contributed by atoms with E-state index in [-0.39, 0.29) is 6.61 Å². The number of aromatic nitrogens is 2. The third-order valence-electron chi connectivity index (χ3n) is 2.12. The van der Waals surface area contributed by atoms with Crippen molar-refractivity contribution in [2.24, 2.45) is 0 Å². The summed E-state index contributed by atoms with van der Waals surface area (Å²) in [5.41, 5.74) is 1.56. The molecule has 78 valence electrons. The van der Waals surface area contributed by atoms with E-state index in [1.807, 2.05) is 24.3 Å². The number of benzene rings is 1. The van der Waals surface area contributed by atoms with E-state index in [9.17, 15) is 0 Å². The van der Waals surface area contributed by atoms with Crippen LogP contribution in [0.3, 0.4) is 0 Å². The molecule has 0 spiro atoms. The fourth-order valence-electron chi connectivity index (χ4n) is 1.34. The summed E-state index contributed by atoms with van der Waals surface area (Å²) < 4.78 is 6.82. The summed E-state index contributed by atoms with van der Waals surface area (Å²) in [5, 5.41) is 13.1. The van der Waals surface area contributed by atoms with Crippen molar-refractivity contribution in [3.63, 3.8) is 0 Å². The first kappa shape index (κ1) is 9.73. The van der Waals surface area contributed by atoms with Crippen molar-refractivity contribution in [2.75, 3.05) is 7.11 Å². The monoisotopic (exact) mass is 204 g/mol. The predicted molar refractivity (Wildman–Crippen MR) is 56.0 cm³/mol. The molecule has 0 amide bonds. The maximum absolute atomic E-state index is 8.90. The Morgan fingerprint density at radius 3 is 2.93 bits per heavy atom. The zero-order valence-corrected chi connectivity index (χ0v) is 8.42. The molecule has 0 aliphatic carbocycles. The van der Waals surface area contributed by atoms with Gasteiger partial charge < -0.3 is 9.84 Å². The van der Waals surface area contributed by atoms with Crippen molar-refractivity contribution in [2.45, 2.75) is 6.61 Å². The minimum absolute atomic E-state index is 0.0447. The first-order valence-electron chi connectivity index (χ1n) is 4.63. The van der Waals surface area contributed by atoms with E-state index in [0.717, 1.165) is 11.4 Å². The zero-order valence-electron chi connectivity index (χ0n) is 8.42. The highest BCUT2D eigenvalue weighted by Gasteiger charge is 2.00. The molecule has 0 atom stereocenters. The highest BCUT2D eigenvalue weighted by molar-refractivity contribution is 5.38. The van der Waals surface area contributed by atoms with Gasteiger partial charge in [0.1, 0.15) is 5.75 Å². The van der Waals surface area contributed by atoms with Gasteiger partial charge in [0.25, 0.3) is 0 Å². The lowest BCUT2D eigenvalue weighted by Gasteiger charge is -2.03. The van der Waals surface area contributed by atoms with Gasteiger partial charge in [-0.1, -0.05) is 6.07 Å². The van der Waals surface area contributed by atoms with Crippen LogP contribution in [-0.2, 0) is 6.61 Å². The Bertz CT molecular complexity index is 451. The van der Waals surface area contributed by atoms with Crippen LogP contribution < -0.4 is 4.74 Å². The summed E-state index contributed by atoms with van der Waals surface area (Å²) in [7, 11) is 1.63. The lowest BCUT2D eigenvalue weighted by atomic mass is 10.3. The molecule has 0 aliphatic heterocycles. The van der Waals surface area contributed by atoms with E-state index >= 15 is 0 Å². The number of hydrogen-bond donors (Lipinski definition) is 1. The van der Waals surface area contributed by atoms with E-state index in [4.69, 9.17) is 9.84 Å². The van der Waals surface area contributed by atoms with Crippen molar-refractivity contribution in [1.29, 1.82) is 0 Å². The number of ether oxygens (including phenoxy) is 1. The van der Waals surface area contributed by atoms with Crippen molar-refractivity contribution in [3.05, 3.63) is 42.2 Å². The number of nitrogens with zero attached hydrogens (tertiary/aromatic N) is 2. The number of aliphatic hydroxyl groups is 1. The molecule has 2 aromatic rings. The molecular weight excluding hydrogens is 192 g/mol. The van der Waals surface area contributed by atoms with Crippen molar-refractivity contribution < 1.29 is 9.84 Å². The molecule has 1 aromatic carbocycles. The molecule has 0 fully saturated rings. The molecule has 0 saturated carbocycles. The zero-order chi connectivity index (χ0) is 10.7. The third kappa shape index (κ3) is 1.99. The lowest BCUT2D eigenvalue weighted by molar-refractivity contribution is 0.276. The van der Waals surface area contributed by atoms with E-state index < -0.39 is 0 Å². The second-order valence-corrected chi connectivity index (χ2v) is 3.11. The summed E-state index contributed by atoms with van der Waals surface area (Å²) in [4.78, 5) is 0. The highest BCUT2D eigenvalue weighted by Crippen LogP contribution is 2.15. The topological polar surface area (TPSA) is 47.3 Å². The molecule has 4 heteroatoms. The molecular formula is C11H12N2O2. The molecule has 1 heterocycles. The maximum atomic E-state index is 8.90. The Morgan fingerprint density at radius 2 is 2.27 bits per heavy atom. The predicted octanol–water partition coefficient (Wildman–Crippen LogP) is 1.37. The summed E-state index contributed by atoms with van der Waals surface area (Å²) >= 11 is 0. The Balaban J connectivity index is 2.35. The third-order valence-corrected chi connectivity index (χ3v) is 2.12. The molecule has 1 aromatic heterocycles. The van der Waals surface area contributed by atoms with Gasteiger partial charge in [-0.2, -0.15) is 5.10 Å². The van der Waals surface area contributed by atoms with Gasteiger partial charge in [0.05, 0.1) is 25.1 Å². The molecule has 0 unspecified atom stereocenters. The van der Waals surface area contributed by atoms with Crippen molar-refractivity contribution in [3.8, 4) is 11.4 Å². The minimum atomic E-state index is -0.0447. The molecule has 0 saturated heterocycles. The van der Waals surface area contributed by atoms with Gasteiger partial charge in [-0.15, -0.1) is 0 Å². The van der Waals surface area contributed by atoms with Gasteiger partial charge in [0.2, 0.25) is 0 Å². The quantitative estimate of drug-likeness (QED) is 0.821. The highest BCUT2D eigenvalue weighted by atomic mass is 16.5. The Morgan fingerprint density at radius 1 is 1.40 bits per heavy atom. The minimum Gasteiger partial charge on any atom is -0.497 e. The van der Waals surface area contributed by atoms with Crippen LogP contribution in [0.4, 0.5) is 0 Å². The normalized spacial score (nSPS) is 10.3. The van der Waals surface area contributed by atoms with Gasteiger partial charge in [0, 0.05) is 12.3 Å². The largest absolute Gasteiger partial charge is 0.497 e. The number of methoxy groups -OCH3 is 1. The average Bonchev–Trinajstić information content (AvgIpc) is 2.78. The number of hydrogen-bond acceptors (Lipinski definition) is 3. The lowest BCUT2D eigenvalue weighted by Crippen LogP contribution is -1.96. The summed E-state index contributed by atoms with van der Waals surface area (Å²) in [6.45, 7) is -0.0447. The van der Waals surface area contributed by atoms with Gasteiger partial charge in [-0.25, -0.2) is 4.68 Å². The first-order chi connectivity index (χ1) is 7.33. The number of aliphatic hydroxyl groups excluding tert-OH is 1. The van der Waals surface area contributed by atoms with E-state index in [0.29, 0.717) is 5.69 Å². The van der Waals surface area contributed by atoms with E-state index in [1.165, 1.54) is 0 Å². The van der Waals surface area contributed by atoms with Crippen LogP contribution in [0.2, 0.25) is 0 Å². The maximum Gasteiger partial charge on any atom is 0.121 e. The molecule has 15 heavy (non-hydrogen) atoms.